The van der Waals surface area contributed by atoms with Crippen LogP contribution in [0.3, 0.4) is 0 Å². The molecule has 0 fully saturated rings. The van der Waals surface area contributed by atoms with Crippen LogP contribution in [0.2, 0.25) is 0 Å². The van der Waals surface area contributed by atoms with Crippen molar-refractivity contribution in [1.29, 1.82) is 0 Å². The van der Waals surface area contributed by atoms with Crippen LogP contribution in [0.4, 0.5) is 13.2 Å². The molecule has 1 N–H and O–H groups in total. The minimum atomic E-state index is -5.00. The van der Waals surface area contributed by atoms with E-state index in [1.54, 1.807) is 17.6 Å². The van der Waals surface area contributed by atoms with E-state index in [-0.39, 0.29) is 13.0 Å². The molecule has 1 aliphatic heterocycles. The second-order valence-corrected chi connectivity index (χ2v) is 4.94. The summed E-state index contributed by atoms with van der Waals surface area (Å²) in [6.07, 6.45) is -1.18. The summed E-state index contributed by atoms with van der Waals surface area (Å²) in [5.74, 6) is -2.64. The van der Waals surface area contributed by atoms with Gasteiger partial charge in [-0.3, -0.25) is 9.59 Å². The van der Waals surface area contributed by atoms with E-state index >= 15 is 0 Å². The third-order valence-corrected chi connectivity index (χ3v) is 3.25. The maximum absolute atomic E-state index is 12.3. The molecule has 0 saturated carbocycles. The van der Waals surface area contributed by atoms with Gasteiger partial charge in [0.2, 0.25) is 5.91 Å². The van der Waals surface area contributed by atoms with Crippen LogP contribution in [0, 0.1) is 0 Å². The summed E-state index contributed by atoms with van der Waals surface area (Å²) in [6, 6.07) is 7.91. The lowest BCUT2D eigenvalue weighted by molar-refractivity contribution is -0.175. The van der Waals surface area contributed by atoms with Crippen LogP contribution in [0.1, 0.15) is 18.4 Å². The second-order valence-electron chi connectivity index (χ2n) is 4.94. The highest BCUT2D eigenvalue weighted by Crippen LogP contribution is 2.18. The monoisotopic (exact) mass is 312 g/mol. The standard InChI is InChI=1S/C15H15F3N2O2/c16-15(17,18)14(22)19-12-8-4-5-9-20(13(12)21)10-11-6-2-1-3-7-11/h1-3,5-7,9,12H,4,8,10H2,(H,19,22)/t12-/m0/s1. The lowest BCUT2D eigenvalue weighted by Gasteiger charge is -2.23. The van der Waals surface area contributed by atoms with Crippen molar-refractivity contribution in [3.8, 4) is 0 Å². The van der Waals surface area contributed by atoms with Crippen LogP contribution in [0.5, 0.6) is 0 Å². The molecule has 0 unspecified atom stereocenters. The van der Waals surface area contributed by atoms with Gasteiger partial charge in [-0.2, -0.15) is 13.2 Å². The predicted molar refractivity (Wildman–Crippen MR) is 73.4 cm³/mol. The third-order valence-electron chi connectivity index (χ3n) is 3.25. The first-order chi connectivity index (χ1) is 10.4. The molecule has 0 saturated heterocycles. The van der Waals surface area contributed by atoms with Gasteiger partial charge in [-0.15, -0.1) is 0 Å². The van der Waals surface area contributed by atoms with E-state index in [2.05, 4.69) is 0 Å². The van der Waals surface area contributed by atoms with Crippen LogP contribution in [-0.2, 0) is 16.1 Å². The number of carbonyl (C=O) groups excluding carboxylic acids is 2. The molecule has 0 aromatic heterocycles. The molecule has 0 aliphatic carbocycles. The zero-order chi connectivity index (χ0) is 16.2. The van der Waals surface area contributed by atoms with Crippen molar-refractivity contribution >= 4 is 11.8 Å². The molecule has 4 nitrogen and oxygen atoms in total. The fourth-order valence-corrected chi connectivity index (χ4v) is 2.15. The van der Waals surface area contributed by atoms with Gasteiger partial charge in [0.1, 0.15) is 6.04 Å². The maximum atomic E-state index is 12.3. The molecule has 1 atom stereocenters. The molecular formula is C15H15F3N2O2. The zero-order valence-corrected chi connectivity index (χ0v) is 11.6. The molecule has 1 heterocycles. The van der Waals surface area contributed by atoms with Crippen LogP contribution in [0.25, 0.3) is 0 Å². The normalized spacial score (nSPS) is 19.0. The van der Waals surface area contributed by atoms with Crippen molar-refractivity contribution in [3.63, 3.8) is 0 Å². The van der Waals surface area contributed by atoms with E-state index in [9.17, 15) is 22.8 Å². The summed E-state index contributed by atoms with van der Waals surface area (Å²) < 4.78 is 37.0. The third kappa shape index (κ3) is 4.09. The Morgan fingerprint density at radius 2 is 1.95 bits per heavy atom. The molecule has 2 rings (SSSR count). The Labute approximate surface area is 125 Å². The number of hydrogen-bond acceptors (Lipinski definition) is 2. The molecule has 22 heavy (non-hydrogen) atoms. The van der Waals surface area contributed by atoms with Gasteiger partial charge in [-0.1, -0.05) is 36.4 Å². The van der Waals surface area contributed by atoms with Crippen molar-refractivity contribution in [1.82, 2.24) is 10.2 Å². The maximum Gasteiger partial charge on any atom is 0.471 e. The molecule has 118 valence electrons. The molecule has 2 amide bonds. The van der Waals surface area contributed by atoms with Crippen molar-refractivity contribution in [2.75, 3.05) is 0 Å². The number of carbonyl (C=O) groups is 2. The van der Waals surface area contributed by atoms with Gasteiger partial charge < -0.3 is 10.2 Å². The topological polar surface area (TPSA) is 49.4 Å². The number of amides is 2. The van der Waals surface area contributed by atoms with Gasteiger partial charge in [0.15, 0.2) is 0 Å². The zero-order valence-electron chi connectivity index (χ0n) is 11.6. The van der Waals surface area contributed by atoms with E-state index in [4.69, 9.17) is 0 Å². The fourth-order valence-electron chi connectivity index (χ4n) is 2.15. The number of nitrogens with zero attached hydrogens (tertiary/aromatic N) is 1. The lowest BCUT2D eigenvalue weighted by Crippen LogP contribution is -2.50. The average Bonchev–Trinajstić information content (AvgIpc) is 2.63. The van der Waals surface area contributed by atoms with E-state index in [1.807, 2.05) is 30.3 Å². The van der Waals surface area contributed by atoms with Gasteiger partial charge in [0.25, 0.3) is 0 Å². The van der Waals surface area contributed by atoms with Gasteiger partial charge in [0.05, 0.1) is 6.54 Å². The minimum Gasteiger partial charge on any atom is -0.336 e. The first kappa shape index (κ1) is 16.1. The number of nitrogens with one attached hydrogen (secondary N) is 1. The summed E-state index contributed by atoms with van der Waals surface area (Å²) in [5, 5.41) is 1.77. The number of benzene rings is 1. The summed E-state index contributed by atoms with van der Waals surface area (Å²) in [5.41, 5.74) is 0.850. The SMILES string of the molecule is O=C1[C@@H](NC(=O)C(F)(F)F)CCC=CN1Cc1ccccc1. The van der Waals surface area contributed by atoms with Crippen molar-refractivity contribution in [2.24, 2.45) is 0 Å². The first-order valence-electron chi connectivity index (χ1n) is 6.76. The number of rotatable bonds is 3. The summed E-state index contributed by atoms with van der Waals surface area (Å²) in [6.45, 7) is 0.245. The minimum absolute atomic E-state index is 0.141. The Balaban J connectivity index is 2.08. The summed E-state index contributed by atoms with van der Waals surface area (Å²) >= 11 is 0. The Bertz CT molecular complexity index is 570. The Kier molecular flexibility index (Phi) is 4.85. The van der Waals surface area contributed by atoms with Crippen LogP contribution < -0.4 is 5.32 Å². The Morgan fingerprint density at radius 3 is 2.59 bits per heavy atom. The summed E-state index contributed by atoms with van der Waals surface area (Å²) in [4.78, 5) is 24.7. The van der Waals surface area contributed by atoms with Gasteiger partial charge in [-0.25, -0.2) is 0 Å². The van der Waals surface area contributed by atoms with E-state index < -0.39 is 24.0 Å². The average molecular weight is 312 g/mol. The smallest absolute Gasteiger partial charge is 0.336 e. The van der Waals surface area contributed by atoms with Gasteiger partial charge >= 0.3 is 12.1 Å². The van der Waals surface area contributed by atoms with Crippen LogP contribution in [-0.4, -0.2) is 28.9 Å². The van der Waals surface area contributed by atoms with Gasteiger partial charge in [-0.05, 0) is 18.4 Å². The van der Waals surface area contributed by atoms with Crippen molar-refractivity contribution in [2.45, 2.75) is 31.6 Å². The fraction of sp³-hybridized carbons (Fsp3) is 0.333. The first-order valence-corrected chi connectivity index (χ1v) is 6.76. The van der Waals surface area contributed by atoms with Crippen molar-refractivity contribution < 1.29 is 22.8 Å². The molecule has 0 spiro atoms. The highest BCUT2D eigenvalue weighted by Gasteiger charge is 2.41. The highest BCUT2D eigenvalue weighted by atomic mass is 19.4. The second kappa shape index (κ2) is 6.64. The van der Waals surface area contributed by atoms with E-state index in [0.717, 1.165) is 5.56 Å². The molecule has 1 aliphatic rings. The Hall–Kier alpha value is -2.31. The van der Waals surface area contributed by atoms with Gasteiger partial charge in [0, 0.05) is 6.20 Å². The number of alkyl halides is 3. The highest BCUT2D eigenvalue weighted by molar-refractivity contribution is 5.90. The van der Waals surface area contributed by atoms with E-state index in [1.165, 1.54) is 4.90 Å². The summed E-state index contributed by atoms with van der Waals surface area (Å²) in [7, 11) is 0. The number of allylic oxidation sites excluding steroid dienone is 1. The molecule has 7 heteroatoms. The molecule has 1 aromatic carbocycles. The van der Waals surface area contributed by atoms with Crippen molar-refractivity contribution in [3.05, 3.63) is 48.2 Å². The molecule has 0 radical (unpaired) electrons. The predicted octanol–water partition coefficient (Wildman–Crippen LogP) is 2.37. The van der Waals surface area contributed by atoms with Crippen LogP contribution >= 0.6 is 0 Å². The number of halogens is 3. The largest absolute Gasteiger partial charge is 0.471 e. The van der Waals surface area contributed by atoms with Crippen LogP contribution in [0.15, 0.2) is 42.6 Å². The molecule has 1 aromatic rings. The lowest BCUT2D eigenvalue weighted by atomic mass is 10.1. The molecular weight excluding hydrogens is 297 g/mol. The molecule has 0 bridgehead atoms. The number of hydrogen-bond donors (Lipinski definition) is 1. The quantitative estimate of drug-likeness (QED) is 0.931. The Morgan fingerprint density at radius 1 is 1.27 bits per heavy atom. The van der Waals surface area contributed by atoms with E-state index in [0.29, 0.717) is 6.42 Å².